The molecule has 68 valence electrons. The number of nitrogens with zero attached hydrogens (tertiary/aromatic N) is 2. The van der Waals surface area contributed by atoms with Gasteiger partial charge in [0.05, 0.1) is 6.07 Å². The lowest BCUT2D eigenvalue weighted by Gasteiger charge is -2.27. The number of hydrogen-bond acceptors (Lipinski definition) is 3. The monoisotopic (exact) mass is 178 g/mol. The summed E-state index contributed by atoms with van der Waals surface area (Å²) in [6.45, 7) is 0.577. The molecule has 1 atom stereocenters. The van der Waals surface area contributed by atoms with Crippen LogP contribution in [0, 0.1) is 17.2 Å². The molecule has 1 aliphatic carbocycles. The van der Waals surface area contributed by atoms with Crippen molar-refractivity contribution < 1.29 is 9.59 Å². The van der Waals surface area contributed by atoms with Gasteiger partial charge in [0, 0.05) is 12.6 Å². The second-order valence-corrected chi connectivity index (χ2v) is 3.56. The molecule has 1 saturated carbocycles. The summed E-state index contributed by atoms with van der Waals surface area (Å²) in [6.07, 6.45) is 2.53. The fraction of sp³-hybridized carbons (Fsp3) is 0.667. The molecule has 4 heteroatoms. The molecule has 0 radical (unpaired) electrons. The molecule has 1 aliphatic heterocycles. The smallest absolute Gasteiger partial charge is 0.291 e. The maximum atomic E-state index is 11.4. The van der Waals surface area contributed by atoms with Gasteiger partial charge in [0.25, 0.3) is 5.91 Å². The average Bonchev–Trinajstić information content (AvgIpc) is 2.93. The first-order valence-corrected chi connectivity index (χ1v) is 4.48. The largest absolute Gasteiger partial charge is 0.333 e. The zero-order chi connectivity index (χ0) is 9.42. The summed E-state index contributed by atoms with van der Waals surface area (Å²) < 4.78 is 0. The van der Waals surface area contributed by atoms with Crippen LogP contribution < -0.4 is 0 Å². The lowest BCUT2D eigenvalue weighted by atomic mass is 9.96. The molecule has 1 unspecified atom stereocenters. The van der Waals surface area contributed by atoms with Crippen LogP contribution in [0.5, 0.6) is 0 Å². The van der Waals surface area contributed by atoms with Gasteiger partial charge >= 0.3 is 0 Å². The maximum Gasteiger partial charge on any atom is 0.291 e. The molecule has 0 bridgehead atoms. The minimum atomic E-state index is -0.692. The van der Waals surface area contributed by atoms with E-state index in [2.05, 4.69) is 0 Å². The van der Waals surface area contributed by atoms with E-state index < -0.39 is 17.6 Å². The third-order valence-corrected chi connectivity index (χ3v) is 2.59. The molecule has 0 spiro atoms. The van der Waals surface area contributed by atoms with E-state index in [0.717, 1.165) is 12.8 Å². The van der Waals surface area contributed by atoms with Crippen molar-refractivity contribution >= 4 is 11.7 Å². The van der Waals surface area contributed by atoms with E-state index >= 15 is 0 Å². The highest BCUT2D eigenvalue weighted by Gasteiger charge is 2.41. The number of Topliss-reactive ketones (excluding diaryl/α,β-unsaturated/α-hetero) is 1. The molecule has 0 aromatic carbocycles. The number of hydrogen-bond donors (Lipinski definition) is 0. The Morgan fingerprint density at radius 1 is 1.31 bits per heavy atom. The minimum Gasteiger partial charge on any atom is -0.333 e. The van der Waals surface area contributed by atoms with Crippen LogP contribution in [0.1, 0.15) is 19.3 Å². The van der Waals surface area contributed by atoms with E-state index in [1.165, 1.54) is 0 Å². The van der Waals surface area contributed by atoms with Crippen LogP contribution in [0.2, 0.25) is 0 Å². The second kappa shape index (κ2) is 2.84. The molecule has 2 fully saturated rings. The predicted molar refractivity (Wildman–Crippen MR) is 43.5 cm³/mol. The maximum absolute atomic E-state index is 11.4. The van der Waals surface area contributed by atoms with Gasteiger partial charge < -0.3 is 4.90 Å². The quantitative estimate of drug-likeness (QED) is 0.534. The molecule has 2 rings (SSSR count). The molecule has 4 nitrogen and oxygen atoms in total. The summed E-state index contributed by atoms with van der Waals surface area (Å²) in [6, 6.07) is 2.15. The number of amides is 1. The zero-order valence-electron chi connectivity index (χ0n) is 7.19. The molecular formula is C9H10N2O2. The topological polar surface area (TPSA) is 61.2 Å². The number of rotatable bonds is 1. The van der Waals surface area contributed by atoms with Crippen molar-refractivity contribution in [2.24, 2.45) is 5.92 Å². The Morgan fingerprint density at radius 3 is 2.54 bits per heavy atom. The minimum absolute atomic E-state index is 0.288. The third-order valence-electron chi connectivity index (χ3n) is 2.59. The zero-order valence-corrected chi connectivity index (χ0v) is 7.19. The van der Waals surface area contributed by atoms with Crippen molar-refractivity contribution in [1.82, 2.24) is 4.90 Å². The Bertz CT molecular complexity index is 301. The Labute approximate surface area is 76.1 Å². The number of nitriles is 1. The summed E-state index contributed by atoms with van der Waals surface area (Å²) in [4.78, 5) is 24.3. The van der Waals surface area contributed by atoms with Gasteiger partial charge in [0.15, 0.2) is 0 Å². The molecule has 1 saturated heterocycles. The molecule has 1 heterocycles. The van der Waals surface area contributed by atoms with Crippen LogP contribution >= 0.6 is 0 Å². The first kappa shape index (κ1) is 8.24. The van der Waals surface area contributed by atoms with Crippen molar-refractivity contribution in [2.45, 2.75) is 25.3 Å². The molecule has 0 aromatic rings. The predicted octanol–water partition coefficient (Wildman–Crippen LogP) is 0.0900. The Kier molecular flexibility index (Phi) is 1.80. The Balaban J connectivity index is 2.10. The van der Waals surface area contributed by atoms with Crippen molar-refractivity contribution in [1.29, 1.82) is 5.26 Å². The standard InChI is InChI=1S/C9H10N2O2/c10-5-6-3-4-11(7-1-2-7)9(13)8(6)12/h6-7H,1-4H2. The van der Waals surface area contributed by atoms with Crippen LogP contribution in [0.15, 0.2) is 0 Å². The molecule has 13 heavy (non-hydrogen) atoms. The highest BCUT2D eigenvalue weighted by Crippen LogP contribution is 2.30. The molecule has 2 aliphatic rings. The summed E-state index contributed by atoms with van der Waals surface area (Å²) in [7, 11) is 0. The van der Waals surface area contributed by atoms with Crippen molar-refractivity contribution in [3.05, 3.63) is 0 Å². The van der Waals surface area contributed by atoms with Crippen molar-refractivity contribution in [2.75, 3.05) is 6.54 Å². The highest BCUT2D eigenvalue weighted by atomic mass is 16.2. The fourth-order valence-corrected chi connectivity index (χ4v) is 1.65. The molecular weight excluding hydrogens is 168 g/mol. The Hall–Kier alpha value is -1.37. The number of piperidine rings is 1. The number of carbonyl (C=O) groups excluding carboxylic acids is 2. The van der Waals surface area contributed by atoms with Gasteiger partial charge in [0.1, 0.15) is 5.92 Å². The van der Waals surface area contributed by atoms with E-state index in [9.17, 15) is 9.59 Å². The van der Waals surface area contributed by atoms with Crippen LogP contribution in [0.3, 0.4) is 0 Å². The number of likely N-dealkylation sites (tertiary alicyclic amines) is 1. The van der Waals surface area contributed by atoms with E-state index in [1.54, 1.807) is 4.90 Å². The molecule has 0 N–H and O–H groups in total. The molecule has 1 amide bonds. The van der Waals surface area contributed by atoms with Crippen molar-refractivity contribution in [3.8, 4) is 6.07 Å². The van der Waals surface area contributed by atoms with Gasteiger partial charge in [-0.3, -0.25) is 9.59 Å². The summed E-state index contributed by atoms with van der Waals surface area (Å²) in [5, 5.41) is 8.58. The first-order valence-electron chi connectivity index (χ1n) is 4.48. The summed E-state index contributed by atoms with van der Waals surface area (Å²) in [5.74, 6) is -1.65. The number of carbonyl (C=O) groups is 2. The van der Waals surface area contributed by atoms with Crippen LogP contribution in [0.25, 0.3) is 0 Å². The first-order chi connectivity index (χ1) is 6.24. The van der Waals surface area contributed by atoms with Crippen LogP contribution in [-0.4, -0.2) is 29.2 Å². The lowest BCUT2D eigenvalue weighted by Crippen LogP contribution is -2.46. The summed E-state index contributed by atoms with van der Waals surface area (Å²) >= 11 is 0. The van der Waals surface area contributed by atoms with E-state index in [1.807, 2.05) is 6.07 Å². The van der Waals surface area contributed by atoms with Gasteiger partial charge in [-0.25, -0.2) is 0 Å². The van der Waals surface area contributed by atoms with E-state index in [-0.39, 0.29) is 6.04 Å². The van der Waals surface area contributed by atoms with Crippen LogP contribution in [0.4, 0.5) is 0 Å². The van der Waals surface area contributed by atoms with E-state index in [4.69, 9.17) is 5.26 Å². The Morgan fingerprint density at radius 2 is 2.00 bits per heavy atom. The second-order valence-electron chi connectivity index (χ2n) is 3.56. The normalized spacial score (nSPS) is 28.8. The molecule has 0 aromatic heterocycles. The van der Waals surface area contributed by atoms with Gasteiger partial charge in [-0.1, -0.05) is 0 Å². The van der Waals surface area contributed by atoms with Crippen LogP contribution in [-0.2, 0) is 9.59 Å². The highest BCUT2D eigenvalue weighted by molar-refractivity contribution is 6.38. The SMILES string of the molecule is N#CC1CCN(C2CC2)C(=O)C1=O. The fourth-order valence-electron chi connectivity index (χ4n) is 1.65. The van der Waals surface area contributed by atoms with Gasteiger partial charge in [-0.15, -0.1) is 0 Å². The third kappa shape index (κ3) is 1.31. The van der Waals surface area contributed by atoms with Crippen molar-refractivity contribution in [3.63, 3.8) is 0 Å². The van der Waals surface area contributed by atoms with Gasteiger partial charge in [0.2, 0.25) is 5.78 Å². The summed E-state index contributed by atoms with van der Waals surface area (Å²) in [5.41, 5.74) is 0. The lowest BCUT2D eigenvalue weighted by molar-refractivity contribution is -0.149. The van der Waals surface area contributed by atoms with Gasteiger partial charge in [-0.2, -0.15) is 5.26 Å². The van der Waals surface area contributed by atoms with E-state index in [0.29, 0.717) is 13.0 Å². The average molecular weight is 178 g/mol. The van der Waals surface area contributed by atoms with Gasteiger partial charge in [-0.05, 0) is 19.3 Å². The number of ketones is 1.